The summed E-state index contributed by atoms with van der Waals surface area (Å²) in [5, 5.41) is 2.74. The quantitative estimate of drug-likeness (QED) is 0.133. The van der Waals surface area contributed by atoms with E-state index < -0.39 is 17.7 Å². The van der Waals surface area contributed by atoms with Crippen LogP contribution < -0.4 is 14.8 Å². The molecule has 0 aliphatic carbocycles. The number of hydrogen-bond acceptors (Lipinski definition) is 10. The number of likely N-dealkylation sites (tertiary alicyclic amines) is 2. The van der Waals surface area contributed by atoms with Crippen LogP contribution in [0.3, 0.4) is 0 Å². The molecule has 0 spiro atoms. The van der Waals surface area contributed by atoms with Gasteiger partial charge in [0.25, 0.3) is 5.91 Å². The third kappa shape index (κ3) is 7.78. The maximum absolute atomic E-state index is 14.2. The topological polar surface area (TPSA) is 173 Å². The number of methoxy groups -OCH3 is 2. The third-order valence-electron chi connectivity index (χ3n) is 11.9. The summed E-state index contributed by atoms with van der Waals surface area (Å²) in [7, 11) is 2.96. The van der Waals surface area contributed by atoms with Crippen LogP contribution in [0.2, 0.25) is 0 Å². The Labute approximate surface area is 354 Å². The molecule has 2 aromatic heterocycles. The van der Waals surface area contributed by atoms with Gasteiger partial charge < -0.3 is 43.9 Å². The highest BCUT2D eigenvalue weighted by Crippen LogP contribution is 2.51. The molecule has 318 valence electrons. The Kier molecular flexibility index (Phi) is 10.5. The van der Waals surface area contributed by atoms with Crippen molar-refractivity contribution in [2.75, 3.05) is 33.9 Å². The Balaban J connectivity index is 0.961. The number of amides is 3. The minimum atomic E-state index is -0.911. The number of carbonyl (C=O) groups is 3. The number of H-pyrrole nitrogens is 2. The number of nitrogens with zero attached hydrogens (tertiary/aromatic N) is 4. The summed E-state index contributed by atoms with van der Waals surface area (Å²) >= 11 is 0. The van der Waals surface area contributed by atoms with Crippen molar-refractivity contribution in [1.29, 1.82) is 0 Å². The van der Waals surface area contributed by atoms with E-state index in [4.69, 9.17) is 33.7 Å². The number of nitrogens with one attached hydrogen (secondary N) is 3. The molecule has 15 nitrogen and oxygen atoms in total. The number of hydrogen-bond donors (Lipinski definition) is 3. The van der Waals surface area contributed by atoms with E-state index in [9.17, 15) is 14.4 Å². The number of benzene rings is 3. The SMILES string of the molecule is COC[C@H]1C[C@@H](c2ncc(-c3cc4c5c(c3)OCc3cc(-c6cnc([C@@H]7C[C@H](C)CN7C(=O)[C@H](NC(=O)OC)c7ccccc7)[nH]6)cc(c3-5)OC4)[nH]2)N(C(=O)OC(C)(C)C)C1. The van der Waals surface area contributed by atoms with Crippen molar-refractivity contribution in [3.05, 3.63) is 95.3 Å². The lowest BCUT2D eigenvalue weighted by atomic mass is 9.87. The fourth-order valence-electron chi connectivity index (χ4n) is 9.18. The second-order valence-electron chi connectivity index (χ2n) is 17.5. The van der Waals surface area contributed by atoms with Crippen molar-refractivity contribution < 1.29 is 38.1 Å². The Bertz CT molecular complexity index is 2420. The lowest BCUT2D eigenvalue weighted by Crippen LogP contribution is -2.43. The molecule has 0 radical (unpaired) electrons. The zero-order chi connectivity index (χ0) is 42.6. The van der Waals surface area contributed by atoms with E-state index in [1.54, 1.807) is 29.3 Å². The van der Waals surface area contributed by atoms with Crippen LogP contribution in [0.5, 0.6) is 11.5 Å². The highest BCUT2D eigenvalue weighted by molar-refractivity contribution is 5.89. The van der Waals surface area contributed by atoms with Crippen LogP contribution in [0.15, 0.2) is 67.0 Å². The first-order valence-corrected chi connectivity index (χ1v) is 20.8. The van der Waals surface area contributed by atoms with E-state index in [-0.39, 0.29) is 35.9 Å². The largest absolute Gasteiger partial charge is 0.488 e. The van der Waals surface area contributed by atoms with Gasteiger partial charge in [-0.15, -0.1) is 0 Å². The van der Waals surface area contributed by atoms with Gasteiger partial charge in [-0.05, 0) is 69.4 Å². The van der Waals surface area contributed by atoms with Gasteiger partial charge in [0.05, 0.1) is 49.6 Å². The van der Waals surface area contributed by atoms with Crippen LogP contribution >= 0.6 is 0 Å². The number of carbonyl (C=O) groups excluding carboxylic acids is 3. The summed E-state index contributed by atoms with van der Waals surface area (Å²) in [5.74, 6) is 3.04. The lowest BCUT2D eigenvalue weighted by Gasteiger charge is -2.30. The maximum atomic E-state index is 14.2. The van der Waals surface area contributed by atoms with Crippen molar-refractivity contribution in [2.24, 2.45) is 11.8 Å². The Morgan fingerprint density at radius 1 is 0.836 bits per heavy atom. The molecule has 0 unspecified atom stereocenters. The smallest absolute Gasteiger partial charge is 0.410 e. The third-order valence-corrected chi connectivity index (χ3v) is 11.9. The molecule has 6 heterocycles. The monoisotopic (exact) mass is 829 g/mol. The highest BCUT2D eigenvalue weighted by Gasteiger charge is 2.42. The van der Waals surface area contributed by atoms with E-state index in [0.29, 0.717) is 63.0 Å². The molecule has 3 amide bonds. The zero-order valence-corrected chi connectivity index (χ0v) is 35.2. The van der Waals surface area contributed by atoms with Crippen molar-refractivity contribution >= 4 is 18.1 Å². The second kappa shape index (κ2) is 15.9. The fourth-order valence-corrected chi connectivity index (χ4v) is 9.18. The molecule has 15 heteroatoms. The summed E-state index contributed by atoms with van der Waals surface area (Å²) in [4.78, 5) is 59.9. The number of alkyl carbamates (subject to hydrolysis) is 1. The summed E-state index contributed by atoms with van der Waals surface area (Å²) in [5.41, 5.74) is 7.47. The molecule has 5 atom stereocenters. The maximum Gasteiger partial charge on any atom is 0.410 e. The van der Waals surface area contributed by atoms with Crippen molar-refractivity contribution in [3.8, 4) is 45.1 Å². The first-order chi connectivity index (χ1) is 29.4. The van der Waals surface area contributed by atoms with E-state index in [1.807, 2.05) is 63.2 Å². The van der Waals surface area contributed by atoms with Crippen LogP contribution in [0.4, 0.5) is 9.59 Å². The van der Waals surface area contributed by atoms with Gasteiger partial charge in [-0.25, -0.2) is 19.6 Å². The molecule has 4 aliphatic rings. The van der Waals surface area contributed by atoms with E-state index in [2.05, 4.69) is 34.3 Å². The minimum Gasteiger partial charge on any atom is -0.488 e. The Morgan fingerprint density at radius 3 is 1.98 bits per heavy atom. The normalized spacial score (nSPS) is 20.7. The van der Waals surface area contributed by atoms with Gasteiger partial charge in [-0.3, -0.25) is 9.69 Å². The molecule has 2 saturated heterocycles. The number of aromatic nitrogens is 4. The summed E-state index contributed by atoms with van der Waals surface area (Å²) in [6, 6.07) is 16.0. The Morgan fingerprint density at radius 2 is 1.43 bits per heavy atom. The number of imidazole rings is 2. The number of ether oxygens (including phenoxy) is 5. The molecule has 0 bridgehead atoms. The van der Waals surface area contributed by atoms with Gasteiger partial charge in [0.15, 0.2) is 0 Å². The van der Waals surface area contributed by atoms with Gasteiger partial charge in [0, 0.05) is 59.5 Å². The van der Waals surface area contributed by atoms with E-state index in [0.717, 1.165) is 56.3 Å². The molecule has 61 heavy (non-hydrogen) atoms. The zero-order valence-electron chi connectivity index (χ0n) is 35.2. The van der Waals surface area contributed by atoms with E-state index >= 15 is 0 Å². The van der Waals surface area contributed by atoms with Gasteiger partial charge in [0.2, 0.25) is 0 Å². The summed E-state index contributed by atoms with van der Waals surface area (Å²) < 4.78 is 29.0. The molecule has 3 N–H and O–H groups in total. The van der Waals surface area contributed by atoms with Crippen LogP contribution in [-0.4, -0.2) is 87.3 Å². The molecular weight excluding hydrogens is 779 g/mol. The van der Waals surface area contributed by atoms with Gasteiger partial charge in [-0.1, -0.05) is 37.3 Å². The van der Waals surface area contributed by atoms with Crippen LogP contribution in [-0.2, 0) is 32.2 Å². The average molecular weight is 830 g/mol. The standard InChI is InChI=1S/C46H51N7O8/c1-25-12-34(52(20-25)43(54)40(51-44(55)58-6)27-10-8-7-9-11-27)41-47-18-32(49-41)28-14-30-23-60-37-17-29(15-31-24-59-36(16-28)38(30)39(31)37)33-19-48-42(50-33)35-13-26(22-57-5)21-53(35)45(56)61-46(2,3)4/h7-11,14-19,25-26,34-35,40H,12-13,20-24H2,1-6H3,(H,47,49)(H,48,50)(H,51,55)/t25-,26-,34-,35-,40+/m0/s1. The summed E-state index contributed by atoms with van der Waals surface area (Å²) in [6.45, 7) is 9.98. The van der Waals surface area contributed by atoms with Gasteiger partial charge in [0.1, 0.15) is 48.0 Å². The van der Waals surface area contributed by atoms with Crippen molar-refractivity contribution in [2.45, 2.75) is 77.5 Å². The molecule has 0 saturated carbocycles. The molecule has 2 fully saturated rings. The van der Waals surface area contributed by atoms with E-state index in [1.165, 1.54) is 7.11 Å². The highest BCUT2D eigenvalue weighted by atomic mass is 16.6. The van der Waals surface area contributed by atoms with Crippen molar-refractivity contribution in [3.63, 3.8) is 0 Å². The molecule has 9 rings (SSSR count). The predicted octanol–water partition coefficient (Wildman–Crippen LogP) is 7.87. The predicted molar refractivity (Wildman–Crippen MR) is 224 cm³/mol. The van der Waals surface area contributed by atoms with Gasteiger partial charge >= 0.3 is 12.2 Å². The average Bonchev–Trinajstić information content (AvgIpc) is 4.08. The molecule has 5 aromatic rings. The summed E-state index contributed by atoms with van der Waals surface area (Å²) in [6.07, 6.45) is 3.97. The van der Waals surface area contributed by atoms with Crippen LogP contribution in [0.1, 0.15) is 87.0 Å². The lowest BCUT2D eigenvalue weighted by molar-refractivity contribution is -0.134. The second-order valence-corrected chi connectivity index (χ2v) is 17.5. The number of aromatic amines is 2. The van der Waals surface area contributed by atoms with Crippen molar-refractivity contribution in [1.82, 2.24) is 35.1 Å². The molecular formula is C46H51N7O8. The minimum absolute atomic E-state index is 0.161. The fraction of sp³-hybridized carbons (Fsp3) is 0.413. The first-order valence-electron chi connectivity index (χ1n) is 20.8. The van der Waals surface area contributed by atoms with Gasteiger partial charge in [-0.2, -0.15) is 0 Å². The molecule has 4 aliphatic heterocycles. The molecule has 3 aromatic carbocycles. The first kappa shape index (κ1) is 40.1. The van der Waals surface area contributed by atoms with Crippen LogP contribution in [0.25, 0.3) is 33.6 Å². The Hall–Kier alpha value is -6.35. The van der Waals surface area contributed by atoms with Crippen LogP contribution in [0, 0.1) is 11.8 Å². The number of rotatable bonds is 9.